The van der Waals surface area contributed by atoms with Crippen molar-refractivity contribution in [2.75, 3.05) is 14.7 Å². The zero-order valence-electron chi connectivity index (χ0n) is 35.8. The Labute approximate surface area is 346 Å². The zero-order chi connectivity index (χ0) is 40.7. The number of hydrogen-bond acceptors (Lipinski definition) is 3. The lowest BCUT2D eigenvalue weighted by atomic mass is 9.33. The molecule has 0 aromatic heterocycles. The van der Waals surface area contributed by atoms with Gasteiger partial charge in [0.15, 0.2) is 0 Å². The van der Waals surface area contributed by atoms with E-state index in [2.05, 4.69) is 230 Å². The second-order valence-corrected chi connectivity index (χ2v) is 18.5. The molecule has 0 bridgehead atoms. The van der Waals surface area contributed by atoms with Crippen molar-refractivity contribution in [3.05, 3.63) is 179 Å². The van der Waals surface area contributed by atoms with Crippen molar-refractivity contribution >= 4 is 74.3 Å². The zero-order valence-corrected chi connectivity index (χ0v) is 35.8. The molecule has 0 amide bonds. The van der Waals surface area contributed by atoms with Gasteiger partial charge in [-0.05, 0) is 137 Å². The Kier molecular flexibility index (Phi) is 8.96. The molecule has 3 nitrogen and oxygen atoms in total. The van der Waals surface area contributed by atoms with Gasteiger partial charge >= 0.3 is 0 Å². The quantitative estimate of drug-likeness (QED) is 0.162. The predicted molar refractivity (Wildman–Crippen MR) is 251 cm³/mol. The van der Waals surface area contributed by atoms with Crippen LogP contribution in [0, 0.1) is 27.7 Å². The maximum Gasteiger partial charge on any atom is 0.252 e. The summed E-state index contributed by atoms with van der Waals surface area (Å²) in [5.74, 6) is 0. The summed E-state index contributed by atoms with van der Waals surface area (Å²) < 4.78 is 0. The second kappa shape index (κ2) is 13.8. The molecule has 2 aliphatic heterocycles. The lowest BCUT2D eigenvalue weighted by molar-refractivity contribution is 0.590. The average Bonchev–Trinajstić information content (AvgIpc) is 3.19. The molecular formula is C54H54BN3. The minimum absolute atomic E-state index is 0.0430. The molecule has 9 rings (SSSR count). The maximum atomic E-state index is 2.57. The van der Waals surface area contributed by atoms with E-state index < -0.39 is 0 Å². The van der Waals surface area contributed by atoms with Gasteiger partial charge in [-0.15, -0.1) is 0 Å². The molecular weight excluding hydrogens is 701 g/mol. The van der Waals surface area contributed by atoms with Crippen molar-refractivity contribution in [1.82, 2.24) is 0 Å². The summed E-state index contributed by atoms with van der Waals surface area (Å²) in [6.07, 6.45) is 0. The van der Waals surface area contributed by atoms with Crippen LogP contribution in [-0.2, 0) is 10.8 Å². The topological polar surface area (TPSA) is 9.72 Å². The fraction of sp³-hybridized carbons (Fsp3) is 0.222. The van der Waals surface area contributed by atoms with E-state index in [0.717, 1.165) is 17.1 Å². The summed E-state index contributed by atoms with van der Waals surface area (Å²) in [4.78, 5) is 7.61. The molecule has 0 saturated carbocycles. The van der Waals surface area contributed by atoms with Crippen LogP contribution in [0.2, 0.25) is 0 Å². The van der Waals surface area contributed by atoms with E-state index in [1.54, 1.807) is 0 Å². The minimum Gasteiger partial charge on any atom is -0.311 e. The van der Waals surface area contributed by atoms with Crippen LogP contribution in [0.3, 0.4) is 0 Å². The van der Waals surface area contributed by atoms with E-state index in [9.17, 15) is 0 Å². The number of benzene rings is 7. The number of fused-ring (bicyclic) bond motifs is 4. The first-order valence-corrected chi connectivity index (χ1v) is 20.8. The van der Waals surface area contributed by atoms with Gasteiger partial charge < -0.3 is 14.7 Å². The summed E-state index contributed by atoms with van der Waals surface area (Å²) in [5, 5.41) is 0. The molecule has 2 heterocycles. The van der Waals surface area contributed by atoms with E-state index >= 15 is 0 Å². The van der Waals surface area contributed by atoms with Crippen LogP contribution >= 0.6 is 0 Å². The van der Waals surface area contributed by atoms with Crippen molar-refractivity contribution in [2.45, 2.75) is 80.1 Å². The van der Waals surface area contributed by atoms with Crippen LogP contribution in [0.25, 0.3) is 0 Å². The van der Waals surface area contributed by atoms with Crippen molar-refractivity contribution in [3.63, 3.8) is 0 Å². The number of aryl methyl sites for hydroxylation is 4. The van der Waals surface area contributed by atoms with E-state index in [1.807, 2.05) is 0 Å². The molecule has 0 unspecified atom stereocenters. The highest BCUT2D eigenvalue weighted by Crippen LogP contribution is 2.50. The highest BCUT2D eigenvalue weighted by atomic mass is 15.2. The predicted octanol–water partition coefficient (Wildman–Crippen LogP) is 13.1. The molecule has 0 N–H and O–H groups in total. The largest absolute Gasteiger partial charge is 0.311 e. The van der Waals surface area contributed by atoms with Gasteiger partial charge in [-0.25, -0.2) is 0 Å². The highest BCUT2D eigenvalue weighted by Gasteiger charge is 2.45. The Hall–Kier alpha value is -6.00. The third-order valence-electron chi connectivity index (χ3n) is 12.5. The van der Waals surface area contributed by atoms with Gasteiger partial charge in [0.1, 0.15) is 0 Å². The normalized spacial score (nSPS) is 13.2. The third-order valence-corrected chi connectivity index (χ3v) is 12.5. The summed E-state index contributed by atoms with van der Waals surface area (Å²) in [6, 6.07) is 54.9. The molecule has 7 aromatic carbocycles. The maximum absolute atomic E-state index is 2.57. The first kappa shape index (κ1) is 37.6. The third kappa shape index (κ3) is 6.13. The lowest BCUT2D eigenvalue weighted by Gasteiger charge is -2.46. The molecule has 58 heavy (non-hydrogen) atoms. The number of anilines is 9. The van der Waals surface area contributed by atoms with E-state index in [4.69, 9.17) is 0 Å². The fourth-order valence-corrected chi connectivity index (χ4v) is 9.36. The molecule has 0 saturated heterocycles. The lowest BCUT2D eigenvalue weighted by Crippen LogP contribution is -2.61. The number of para-hydroxylation sites is 4. The van der Waals surface area contributed by atoms with Crippen LogP contribution in [0.15, 0.2) is 146 Å². The Morgan fingerprint density at radius 3 is 1.16 bits per heavy atom. The van der Waals surface area contributed by atoms with Gasteiger partial charge in [-0.2, -0.15) is 0 Å². The van der Waals surface area contributed by atoms with Crippen molar-refractivity contribution in [2.24, 2.45) is 0 Å². The van der Waals surface area contributed by atoms with Gasteiger partial charge in [-0.3, -0.25) is 0 Å². The smallest absolute Gasteiger partial charge is 0.252 e. The molecule has 0 atom stereocenters. The molecule has 2 aliphatic rings. The monoisotopic (exact) mass is 755 g/mol. The Bertz CT molecular complexity index is 2510. The van der Waals surface area contributed by atoms with Crippen molar-refractivity contribution in [3.8, 4) is 0 Å². The Morgan fingerprint density at radius 1 is 0.397 bits per heavy atom. The van der Waals surface area contributed by atoms with Crippen LogP contribution < -0.4 is 31.1 Å². The molecule has 4 heteroatoms. The minimum atomic E-state index is 0.0430. The Morgan fingerprint density at radius 2 is 0.776 bits per heavy atom. The summed E-state index contributed by atoms with van der Waals surface area (Å²) in [7, 11) is 0. The van der Waals surface area contributed by atoms with E-state index in [0.29, 0.717) is 0 Å². The van der Waals surface area contributed by atoms with Gasteiger partial charge in [0.25, 0.3) is 6.71 Å². The SMILES string of the molecule is Cc1ccccc1N1c2cc(N(c3ccc(C(C)(C)C)cc3)c3ccc(C(C)(C)C)cc3)cc3c2B(c2cccc(C)c21)c1cccc(C)c1N3c1ccccc1C. The van der Waals surface area contributed by atoms with Gasteiger partial charge in [0.05, 0.1) is 5.69 Å². The summed E-state index contributed by atoms with van der Waals surface area (Å²) >= 11 is 0. The molecule has 0 fully saturated rings. The molecule has 0 aliphatic carbocycles. The van der Waals surface area contributed by atoms with Crippen LogP contribution in [0.1, 0.15) is 74.9 Å². The number of rotatable bonds is 5. The standard InChI is InChI=1S/C54H54BN3/c1-35-17-11-13-23-46(35)57-48-33-43(56(41-29-25-39(26-30-41)53(5,6)7)42-31-27-40(28-32-42)54(8,9)10)34-49-50(48)55(44-21-15-19-37(3)51(44)57)45-22-16-20-38(4)52(45)58(49)47-24-14-12-18-36(47)2/h11-34H,1-10H3. The summed E-state index contributed by atoms with van der Waals surface area (Å²) in [5.41, 5.74) is 22.5. The first-order valence-electron chi connectivity index (χ1n) is 20.8. The summed E-state index contributed by atoms with van der Waals surface area (Å²) in [6.45, 7) is 22.8. The van der Waals surface area contributed by atoms with E-state index in [1.165, 1.54) is 83.9 Å². The van der Waals surface area contributed by atoms with Crippen LogP contribution in [-0.4, -0.2) is 6.71 Å². The van der Waals surface area contributed by atoms with Crippen LogP contribution in [0.5, 0.6) is 0 Å². The number of nitrogens with zero attached hydrogens (tertiary/aromatic N) is 3. The van der Waals surface area contributed by atoms with Gasteiger partial charge in [-0.1, -0.05) is 139 Å². The number of hydrogen-bond donors (Lipinski definition) is 0. The van der Waals surface area contributed by atoms with Gasteiger partial charge in [0, 0.05) is 45.5 Å². The molecule has 0 spiro atoms. The first-order chi connectivity index (χ1) is 27.7. The Balaban J connectivity index is 1.42. The molecule has 288 valence electrons. The van der Waals surface area contributed by atoms with Crippen molar-refractivity contribution < 1.29 is 0 Å². The fourth-order valence-electron chi connectivity index (χ4n) is 9.36. The molecule has 7 aromatic rings. The second-order valence-electron chi connectivity index (χ2n) is 18.5. The average molecular weight is 756 g/mol. The highest BCUT2D eigenvalue weighted by molar-refractivity contribution is 7.00. The van der Waals surface area contributed by atoms with Crippen molar-refractivity contribution in [1.29, 1.82) is 0 Å². The molecule has 0 radical (unpaired) electrons. The van der Waals surface area contributed by atoms with Gasteiger partial charge in [0.2, 0.25) is 0 Å². The van der Waals surface area contributed by atoms with Crippen LogP contribution in [0.4, 0.5) is 51.2 Å². The van der Waals surface area contributed by atoms with E-state index in [-0.39, 0.29) is 17.5 Å².